The largest absolute Gasteiger partial charge is 0.379 e. The van der Waals surface area contributed by atoms with Gasteiger partial charge < -0.3 is 9.50 Å². The Morgan fingerprint density at radius 3 is 2.30 bits per heavy atom. The van der Waals surface area contributed by atoms with Gasteiger partial charge in [0.05, 0.1) is 0 Å². The van der Waals surface area contributed by atoms with Crippen LogP contribution in [0.5, 0.6) is 5.75 Å². The van der Waals surface area contributed by atoms with Crippen molar-refractivity contribution >= 4 is 56.9 Å². The smallest absolute Gasteiger partial charge is 0.339 e. The highest BCUT2D eigenvalue weighted by molar-refractivity contribution is 7.87. The summed E-state index contributed by atoms with van der Waals surface area (Å²) in [5.74, 6) is -1.62. The second-order valence-electron chi connectivity index (χ2n) is 6.11. The van der Waals surface area contributed by atoms with E-state index in [0.717, 1.165) is 0 Å². The summed E-state index contributed by atoms with van der Waals surface area (Å²) in [5, 5.41) is 7.07. The predicted octanol–water partition coefficient (Wildman–Crippen LogP) is 1.33. The fraction of sp³-hybridized carbons (Fsp3) is 0.0526. The maximum atomic E-state index is 12.5. The van der Waals surface area contributed by atoms with Crippen molar-refractivity contribution in [2.75, 3.05) is 5.32 Å². The summed E-state index contributed by atoms with van der Waals surface area (Å²) >= 11 is 4.73. The van der Waals surface area contributed by atoms with Crippen LogP contribution in [0.1, 0.15) is 12.5 Å². The molecule has 0 spiro atoms. The molecule has 2 aromatic carbocycles. The number of amides is 3. The lowest BCUT2D eigenvalue weighted by Gasteiger charge is -2.16. The van der Waals surface area contributed by atoms with Crippen LogP contribution in [0.2, 0.25) is 0 Å². The molecule has 1 heterocycles. The minimum atomic E-state index is -4.15. The highest BCUT2D eigenvalue weighted by Crippen LogP contribution is 2.22. The molecule has 1 fully saturated rings. The molecule has 1 saturated heterocycles. The van der Waals surface area contributed by atoms with E-state index in [1.807, 2.05) is 0 Å². The first-order valence-corrected chi connectivity index (χ1v) is 10.3. The molecule has 11 heteroatoms. The predicted molar refractivity (Wildman–Crippen MR) is 112 cm³/mol. The molecule has 0 saturated carbocycles. The van der Waals surface area contributed by atoms with Crippen LogP contribution in [-0.4, -0.2) is 31.3 Å². The average Bonchev–Trinajstić information content (AvgIpc) is 2.64. The molecule has 3 amide bonds. The van der Waals surface area contributed by atoms with E-state index in [1.165, 1.54) is 55.5 Å². The van der Waals surface area contributed by atoms with E-state index in [0.29, 0.717) is 11.3 Å². The fourth-order valence-corrected chi connectivity index (χ4v) is 3.62. The second kappa shape index (κ2) is 8.43. The Bertz CT molecular complexity index is 1170. The summed E-state index contributed by atoms with van der Waals surface area (Å²) in [5.41, 5.74) is 0.632. The van der Waals surface area contributed by atoms with Crippen molar-refractivity contribution in [1.82, 2.24) is 10.6 Å². The minimum Gasteiger partial charge on any atom is -0.379 e. The number of benzene rings is 2. The summed E-state index contributed by atoms with van der Waals surface area (Å²) in [6.45, 7) is 1.34. The van der Waals surface area contributed by atoms with Gasteiger partial charge in [0.1, 0.15) is 16.2 Å². The molecule has 154 valence electrons. The zero-order valence-corrected chi connectivity index (χ0v) is 17.1. The number of hydrogen-bond donors (Lipinski definition) is 3. The molecule has 9 nitrogen and oxygen atoms in total. The molecule has 0 radical (unpaired) electrons. The first-order valence-electron chi connectivity index (χ1n) is 8.44. The number of carbonyl (C=O) groups excluding carboxylic acids is 3. The van der Waals surface area contributed by atoms with Gasteiger partial charge >= 0.3 is 10.1 Å². The first kappa shape index (κ1) is 21.1. The van der Waals surface area contributed by atoms with Gasteiger partial charge in [0.25, 0.3) is 11.8 Å². The Kier molecular flexibility index (Phi) is 5.94. The van der Waals surface area contributed by atoms with Crippen molar-refractivity contribution in [1.29, 1.82) is 0 Å². The lowest BCUT2D eigenvalue weighted by atomic mass is 10.1. The van der Waals surface area contributed by atoms with Crippen molar-refractivity contribution in [3.8, 4) is 5.75 Å². The van der Waals surface area contributed by atoms with Gasteiger partial charge in [-0.25, -0.2) is 0 Å². The van der Waals surface area contributed by atoms with Crippen molar-refractivity contribution < 1.29 is 27.0 Å². The lowest BCUT2D eigenvalue weighted by molar-refractivity contribution is -0.123. The molecule has 1 aliphatic heterocycles. The minimum absolute atomic E-state index is 0.0116. The second-order valence-corrected chi connectivity index (χ2v) is 8.07. The van der Waals surface area contributed by atoms with Crippen LogP contribution in [-0.2, 0) is 24.5 Å². The van der Waals surface area contributed by atoms with Gasteiger partial charge in [-0.1, -0.05) is 12.1 Å². The molecule has 0 aromatic heterocycles. The zero-order chi connectivity index (χ0) is 21.9. The van der Waals surface area contributed by atoms with E-state index in [1.54, 1.807) is 6.07 Å². The van der Waals surface area contributed by atoms with Gasteiger partial charge in [-0.3, -0.25) is 25.0 Å². The molecule has 3 N–H and O–H groups in total. The number of rotatable bonds is 5. The van der Waals surface area contributed by atoms with Gasteiger partial charge in [-0.15, -0.1) is 0 Å². The third-order valence-corrected chi connectivity index (χ3v) is 5.25. The van der Waals surface area contributed by atoms with Crippen LogP contribution in [0.3, 0.4) is 0 Å². The maximum Gasteiger partial charge on any atom is 0.339 e. The van der Waals surface area contributed by atoms with Gasteiger partial charge in [0.2, 0.25) is 5.91 Å². The molecule has 1 aliphatic rings. The van der Waals surface area contributed by atoms with Crippen molar-refractivity contribution in [3.63, 3.8) is 0 Å². The third-order valence-electron chi connectivity index (χ3n) is 3.78. The summed E-state index contributed by atoms with van der Waals surface area (Å²) in [6.07, 6.45) is 1.29. The van der Waals surface area contributed by atoms with E-state index < -0.39 is 21.9 Å². The standard InChI is InChI=1S/C19H15N3O6S2/c1-11(23)20-13-5-7-15(8-6-13)30(26,27)28-14-4-2-3-12(9-14)10-16-17(24)21-19(29)22-18(16)25/h2-10H,1H3,(H,20,23)(H2,21,22,24,25,29). The monoisotopic (exact) mass is 445 g/mol. The van der Waals surface area contributed by atoms with Crippen LogP contribution in [0.25, 0.3) is 6.08 Å². The zero-order valence-electron chi connectivity index (χ0n) is 15.5. The van der Waals surface area contributed by atoms with E-state index in [2.05, 4.69) is 16.0 Å². The number of carbonyl (C=O) groups is 3. The molecule has 0 aliphatic carbocycles. The summed E-state index contributed by atoms with van der Waals surface area (Å²) in [7, 11) is -4.15. The van der Waals surface area contributed by atoms with Crippen LogP contribution in [0.15, 0.2) is 59.0 Å². The quantitative estimate of drug-likeness (QED) is 0.274. The topological polar surface area (TPSA) is 131 Å². The van der Waals surface area contributed by atoms with Gasteiger partial charge in [-0.2, -0.15) is 8.42 Å². The Labute approximate surface area is 177 Å². The molecule has 0 unspecified atom stereocenters. The third kappa shape index (κ3) is 5.07. The van der Waals surface area contributed by atoms with E-state index >= 15 is 0 Å². The van der Waals surface area contributed by atoms with Crippen molar-refractivity contribution in [2.45, 2.75) is 11.8 Å². The van der Waals surface area contributed by atoms with Gasteiger partial charge in [-0.05, 0) is 60.3 Å². The SMILES string of the molecule is CC(=O)Nc1ccc(S(=O)(=O)Oc2cccc(C=C3C(=O)NC(=S)NC3=O)c2)cc1. The highest BCUT2D eigenvalue weighted by atomic mass is 32.2. The van der Waals surface area contributed by atoms with Crippen LogP contribution >= 0.6 is 12.2 Å². The molecule has 0 bridgehead atoms. The van der Waals surface area contributed by atoms with Crippen LogP contribution in [0, 0.1) is 0 Å². The number of nitrogens with one attached hydrogen (secondary N) is 3. The summed E-state index contributed by atoms with van der Waals surface area (Å²) in [6, 6.07) is 11.3. The van der Waals surface area contributed by atoms with E-state index in [-0.39, 0.29) is 27.2 Å². The van der Waals surface area contributed by atoms with E-state index in [4.69, 9.17) is 16.4 Å². The number of hydrogen-bond acceptors (Lipinski definition) is 7. The molecular weight excluding hydrogens is 430 g/mol. The Morgan fingerprint density at radius 1 is 1.07 bits per heavy atom. The Hall–Kier alpha value is -3.57. The maximum absolute atomic E-state index is 12.5. The highest BCUT2D eigenvalue weighted by Gasteiger charge is 2.25. The Balaban J connectivity index is 1.81. The lowest BCUT2D eigenvalue weighted by Crippen LogP contribution is -2.51. The fourth-order valence-electron chi connectivity index (χ4n) is 2.51. The number of anilines is 1. The molecule has 30 heavy (non-hydrogen) atoms. The van der Waals surface area contributed by atoms with Gasteiger partial charge in [0.15, 0.2) is 5.11 Å². The Morgan fingerprint density at radius 2 is 1.70 bits per heavy atom. The average molecular weight is 445 g/mol. The number of thiocarbonyl (C=S) groups is 1. The molecule has 2 aromatic rings. The summed E-state index contributed by atoms with van der Waals surface area (Å²) < 4.78 is 30.2. The van der Waals surface area contributed by atoms with Crippen LogP contribution in [0.4, 0.5) is 5.69 Å². The molecule has 0 atom stereocenters. The molecular formula is C19H15N3O6S2. The van der Waals surface area contributed by atoms with Crippen molar-refractivity contribution in [2.24, 2.45) is 0 Å². The normalized spacial score (nSPS) is 13.9. The van der Waals surface area contributed by atoms with Gasteiger partial charge in [0, 0.05) is 12.6 Å². The molecule has 3 rings (SSSR count). The van der Waals surface area contributed by atoms with E-state index in [9.17, 15) is 22.8 Å². The van der Waals surface area contributed by atoms with Crippen LogP contribution < -0.4 is 20.1 Å². The van der Waals surface area contributed by atoms with Crippen molar-refractivity contribution in [3.05, 3.63) is 59.7 Å². The summed E-state index contributed by atoms with van der Waals surface area (Å²) in [4.78, 5) is 34.8. The first-order chi connectivity index (χ1) is 14.1.